The van der Waals surface area contributed by atoms with Crippen LogP contribution in [0.2, 0.25) is 0 Å². The maximum atomic E-state index is 9.67. The molecule has 326 valence electrons. The van der Waals surface area contributed by atoms with Crippen LogP contribution in [0.3, 0.4) is 0 Å². The van der Waals surface area contributed by atoms with E-state index in [1.54, 1.807) is 0 Å². The van der Waals surface area contributed by atoms with E-state index in [1.165, 1.54) is 32.9 Å². The van der Waals surface area contributed by atoms with Crippen molar-refractivity contribution in [1.29, 1.82) is 0 Å². The minimum atomic E-state index is -3.67. The van der Waals surface area contributed by atoms with Crippen molar-refractivity contribution in [2.45, 2.75) is 12.3 Å². The Morgan fingerprint density at radius 1 is 0.607 bits per heavy atom. The average Bonchev–Trinajstić information content (AvgIpc) is 4.00. The molecule has 2 unspecified atom stereocenters. The molecule has 0 bridgehead atoms. The molecule has 4 saturated heterocycles. The number of nitrogens with zero attached hydrogens (tertiary/aromatic N) is 8. The van der Waals surface area contributed by atoms with Gasteiger partial charge in [0.1, 0.15) is 25.5 Å². The number of likely N-dealkylation sites (N-methyl/N-ethyl adjacent to an activating group) is 1. The Morgan fingerprint density at radius 3 is 1.56 bits per heavy atom. The molecule has 6 aliphatic heterocycles. The zero-order valence-electron chi connectivity index (χ0n) is 34.3. The van der Waals surface area contributed by atoms with Gasteiger partial charge in [-0.05, 0) is 17.2 Å². The molecule has 10 rings (SSSR count). The molecule has 0 amide bonds. The van der Waals surface area contributed by atoms with Crippen molar-refractivity contribution >= 4 is 60.4 Å². The van der Waals surface area contributed by atoms with E-state index in [1.807, 2.05) is 17.3 Å². The zero-order chi connectivity index (χ0) is 42.0. The van der Waals surface area contributed by atoms with Crippen LogP contribution in [0.5, 0.6) is 0 Å². The molecule has 6 heterocycles. The largest absolute Gasteiger partial charge is 1.00 e. The molecular weight excluding hydrogens is 928 g/mol. The quantitative estimate of drug-likeness (QED) is 0.0965. The van der Waals surface area contributed by atoms with Gasteiger partial charge in [0.15, 0.2) is 0 Å². The van der Waals surface area contributed by atoms with E-state index < -0.39 is 23.7 Å². The molecule has 2 atom stereocenters. The van der Waals surface area contributed by atoms with Crippen LogP contribution in [0.4, 0.5) is 12.9 Å². The molecule has 4 fully saturated rings. The van der Waals surface area contributed by atoms with Crippen LogP contribution in [0.25, 0.3) is 0 Å². The first kappa shape index (κ1) is 47.6. The summed E-state index contributed by atoms with van der Waals surface area (Å²) in [4.78, 5) is 12.6. The van der Waals surface area contributed by atoms with E-state index in [4.69, 9.17) is 0 Å². The Bertz CT molecular complexity index is 1920. The van der Waals surface area contributed by atoms with Gasteiger partial charge in [-0.3, -0.25) is 40.6 Å². The SMILES string of the molecule is C[N+]1=C2C=C3N(CCN2CC1)CCN3P(c1ccccc1)c1ccccc1.FB(F)F.[CH2-]N1CCN2CCN3CCN(P(c4ccccc4)c4ccccc4)C3[CH-]C12.[Cl][Rh+2].[F-]. The van der Waals surface area contributed by atoms with Gasteiger partial charge in [0.05, 0.1) is 27.7 Å². The first-order valence-corrected chi connectivity index (χ1v) is 25.1. The topological polar surface area (TPSA) is 25.7 Å². The first-order valence-electron chi connectivity index (χ1n) is 20.4. The molecule has 0 aliphatic carbocycles. The normalized spacial score (nSPS) is 21.3. The van der Waals surface area contributed by atoms with E-state index in [-0.39, 0.29) is 4.70 Å². The Balaban J connectivity index is 0.000000178. The number of fused-ring (bicyclic) bond motifs is 4. The molecule has 61 heavy (non-hydrogen) atoms. The average molecular weight is 981 g/mol. The summed E-state index contributed by atoms with van der Waals surface area (Å²) in [5.74, 6) is 2.79. The van der Waals surface area contributed by atoms with Crippen LogP contribution in [-0.4, -0.2) is 150 Å². The number of hydrogen-bond donors (Lipinski definition) is 0. The summed E-state index contributed by atoms with van der Waals surface area (Å²) >= 11 is 2.02. The Kier molecular flexibility index (Phi) is 18.0. The van der Waals surface area contributed by atoms with Crippen LogP contribution in [0.1, 0.15) is 0 Å². The number of rotatable bonds is 6. The molecule has 6 aliphatic rings. The fraction of sp³-hybridized carbons (Fsp3) is 0.341. The van der Waals surface area contributed by atoms with Crippen molar-refractivity contribution in [3.63, 3.8) is 0 Å². The second kappa shape index (κ2) is 23.1. The fourth-order valence-corrected chi connectivity index (χ4v) is 13.9. The first-order chi connectivity index (χ1) is 29.4. The van der Waals surface area contributed by atoms with Crippen molar-refractivity contribution < 1.29 is 39.5 Å². The molecule has 0 N–H and O–H groups in total. The number of hydrogen-bond acceptors (Lipinski definition) is 7. The third kappa shape index (κ3) is 11.4. The molecule has 8 nitrogen and oxygen atoms in total. The van der Waals surface area contributed by atoms with Gasteiger partial charge in [-0.25, -0.2) is 0 Å². The molecule has 0 radical (unpaired) electrons. The van der Waals surface area contributed by atoms with E-state index in [0.29, 0.717) is 12.3 Å². The maximum Gasteiger partial charge on any atom is -1.00 e. The predicted octanol–water partition coefficient (Wildman–Crippen LogP) is 2.37. The smallest absolute Gasteiger partial charge is 1.00 e. The predicted molar refractivity (Wildman–Crippen MR) is 241 cm³/mol. The molecule has 4 aromatic rings. The van der Waals surface area contributed by atoms with Gasteiger partial charge < -0.3 is 29.0 Å². The number of halogens is 5. The number of amidine groups is 1. The van der Waals surface area contributed by atoms with E-state index in [2.05, 4.69) is 196 Å². The molecule has 0 saturated carbocycles. The van der Waals surface area contributed by atoms with E-state index in [9.17, 15) is 12.9 Å². The summed E-state index contributed by atoms with van der Waals surface area (Å²) in [7, 11) is 6.27. The maximum absolute atomic E-state index is 9.67. The fourth-order valence-electron chi connectivity index (χ4n) is 8.90. The van der Waals surface area contributed by atoms with Gasteiger partial charge in [0.2, 0.25) is 0 Å². The Hall–Kier alpha value is -2.91. The summed E-state index contributed by atoms with van der Waals surface area (Å²) in [6, 6.07) is 44.2. The van der Waals surface area contributed by atoms with Crippen LogP contribution in [0, 0.1) is 13.5 Å². The minimum Gasteiger partial charge on any atom is -1.00 e. The van der Waals surface area contributed by atoms with Crippen LogP contribution >= 0.6 is 25.8 Å². The van der Waals surface area contributed by atoms with Crippen LogP contribution in [-0.2, 0) is 17.3 Å². The number of benzene rings is 4. The third-order valence-corrected chi connectivity index (χ3v) is 16.7. The van der Waals surface area contributed by atoms with Crippen LogP contribution in [0.15, 0.2) is 133 Å². The molecular formula is C44H53BClF4N8P2Rh. The molecule has 4 aromatic carbocycles. The van der Waals surface area contributed by atoms with Crippen molar-refractivity contribution in [3.8, 4) is 0 Å². The van der Waals surface area contributed by atoms with E-state index >= 15 is 0 Å². The molecule has 0 spiro atoms. The van der Waals surface area contributed by atoms with Gasteiger partial charge in [-0.1, -0.05) is 134 Å². The van der Waals surface area contributed by atoms with Crippen molar-refractivity contribution in [2.75, 3.05) is 85.6 Å². The zero-order valence-corrected chi connectivity index (χ0v) is 38.5. The Morgan fingerprint density at radius 2 is 1.03 bits per heavy atom. The van der Waals surface area contributed by atoms with Crippen LogP contribution < -0.4 is 25.9 Å². The Labute approximate surface area is 376 Å². The second-order valence-corrected chi connectivity index (χ2v) is 19.5. The minimum absolute atomic E-state index is 0. The molecule has 17 heteroatoms. The standard InChI is InChI=1S/C22H27N4P.C22H26N4P.BF3.ClH.FH.Rh/c2*1-23-12-13-24-14-15-25-16-17-26(22(25)18-21(23)24)27(19-8-4-2-5-9-19)20-10-6-3-7-11-20;2-1(3)4;;;/h2-11,18,21-22H,1,12-17H2;2-11,18H,12-17H2,1H3;;2*1H;/q-2;+1;;;;+3/p-2. The summed E-state index contributed by atoms with van der Waals surface area (Å²) in [5.41, 5.74) is 0. The summed E-state index contributed by atoms with van der Waals surface area (Å²) in [6.07, 6.45) is 5.73. The van der Waals surface area contributed by atoms with Crippen molar-refractivity contribution in [3.05, 3.63) is 147 Å². The monoisotopic (exact) mass is 980 g/mol. The van der Waals surface area contributed by atoms with Gasteiger partial charge in [-0.2, -0.15) is 0 Å². The van der Waals surface area contributed by atoms with Gasteiger partial charge >= 0.3 is 34.5 Å². The summed E-state index contributed by atoms with van der Waals surface area (Å²) < 4.78 is 36.8. The summed E-state index contributed by atoms with van der Waals surface area (Å²) in [5, 5.41) is 5.72. The van der Waals surface area contributed by atoms with Crippen molar-refractivity contribution in [1.82, 2.24) is 33.8 Å². The molecule has 0 aromatic heterocycles. The summed E-state index contributed by atoms with van der Waals surface area (Å²) in [6.45, 7) is 13.5. The second-order valence-electron chi connectivity index (χ2n) is 15.2. The van der Waals surface area contributed by atoms with Gasteiger partial charge in [-0.15, -0.1) is 0 Å². The van der Waals surface area contributed by atoms with Gasteiger partial charge in [0.25, 0.3) is 5.84 Å². The van der Waals surface area contributed by atoms with Crippen molar-refractivity contribution in [2.24, 2.45) is 0 Å². The van der Waals surface area contributed by atoms with E-state index in [0.717, 1.165) is 78.5 Å². The van der Waals surface area contributed by atoms with Gasteiger partial charge in [0, 0.05) is 64.5 Å². The third-order valence-electron chi connectivity index (χ3n) is 11.7.